The van der Waals surface area contributed by atoms with Gasteiger partial charge in [0.1, 0.15) is 0 Å². The first-order chi connectivity index (χ1) is 15.5. The Morgan fingerprint density at radius 1 is 1.22 bits per heavy atom. The minimum atomic E-state index is -0.353. The highest BCUT2D eigenvalue weighted by molar-refractivity contribution is 5.88. The van der Waals surface area contributed by atoms with Gasteiger partial charge < -0.3 is 10.2 Å². The highest BCUT2D eigenvalue weighted by atomic mass is 16.2. The van der Waals surface area contributed by atoms with E-state index in [1.54, 1.807) is 16.9 Å². The SMILES string of the molecule is CCNC(=O)Nc1cc(CN2CCN(c3ccc(-n4cccn4)nc3C)CC2)c(=O)[nH]n1. The zero-order valence-electron chi connectivity index (χ0n) is 18.2. The molecule has 0 aromatic carbocycles. The van der Waals surface area contributed by atoms with E-state index in [2.05, 4.69) is 46.8 Å². The van der Waals surface area contributed by atoms with Crippen LogP contribution in [0.25, 0.3) is 5.82 Å². The van der Waals surface area contributed by atoms with Crippen LogP contribution < -0.4 is 21.1 Å². The number of pyridine rings is 1. The molecule has 2 amide bonds. The fraction of sp³-hybridized carbons (Fsp3) is 0.381. The number of anilines is 2. The summed E-state index contributed by atoms with van der Waals surface area (Å²) in [5.74, 6) is 1.12. The van der Waals surface area contributed by atoms with Crippen LogP contribution in [-0.4, -0.2) is 68.6 Å². The summed E-state index contributed by atoms with van der Waals surface area (Å²) in [7, 11) is 0. The molecule has 11 heteroatoms. The van der Waals surface area contributed by atoms with Crippen LogP contribution in [-0.2, 0) is 6.54 Å². The number of amides is 2. The summed E-state index contributed by atoms with van der Waals surface area (Å²) in [5.41, 5.74) is 2.39. The van der Waals surface area contributed by atoms with Gasteiger partial charge in [0, 0.05) is 57.2 Å². The summed E-state index contributed by atoms with van der Waals surface area (Å²) in [5, 5.41) is 15.9. The Morgan fingerprint density at radius 2 is 2.03 bits per heavy atom. The molecule has 1 aliphatic rings. The molecule has 3 aromatic rings. The van der Waals surface area contributed by atoms with Crippen LogP contribution in [0.1, 0.15) is 18.2 Å². The Balaban J connectivity index is 1.37. The number of piperazine rings is 1. The Labute approximate surface area is 185 Å². The maximum atomic E-state index is 12.2. The molecule has 32 heavy (non-hydrogen) atoms. The van der Waals surface area contributed by atoms with Crippen LogP contribution >= 0.6 is 0 Å². The highest BCUT2D eigenvalue weighted by Gasteiger charge is 2.20. The number of carbonyl (C=O) groups excluding carboxylic acids is 1. The van der Waals surface area contributed by atoms with Crippen molar-refractivity contribution < 1.29 is 4.79 Å². The van der Waals surface area contributed by atoms with E-state index in [1.807, 2.05) is 32.2 Å². The molecule has 4 heterocycles. The van der Waals surface area contributed by atoms with E-state index in [9.17, 15) is 9.59 Å². The van der Waals surface area contributed by atoms with Crippen molar-refractivity contribution in [1.82, 2.24) is 35.2 Å². The topological polar surface area (TPSA) is 124 Å². The van der Waals surface area contributed by atoms with Crippen molar-refractivity contribution in [2.75, 3.05) is 42.9 Å². The zero-order chi connectivity index (χ0) is 22.5. The molecule has 0 bridgehead atoms. The van der Waals surface area contributed by atoms with E-state index < -0.39 is 0 Å². The number of nitrogens with zero attached hydrogens (tertiary/aromatic N) is 6. The average Bonchev–Trinajstić information content (AvgIpc) is 3.32. The van der Waals surface area contributed by atoms with Gasteiger partial charge in [-0.15, -0.1) is 0 Å². The number of aromatic amines is 1. The standard InChI is InChI=1S/C21H27N9O2/c1-3-22-21(32)25-18-13-16(20(31)27-26-18)14-28-9-11-29(12-10-28)17-5-6-19(24-15(17)2)30-8-4-7-23-30/h4-8,13H,3,9-12,14H2,1-2H3,(H,27,31)(H2,22,25,26,32). The lowest BCUT2D eigenvalue weighted by atomic mass is 10.2. The van der Waals surface area contributed by atoms with Crippen LogP contribution in [0.4, 0.5) is 16.3 Å². The number of carbonyl (C=O) groups is 1. The molecule has 11 nitrogen and oxygen atoms in total. The van der Waals surface area contributed by atoms with Crippen LogP contribution in [0, 0.1) is 6.92 Å². The molecule has 0 atom stereocenters. The Hall–Kier alpha value is -3.73. The van der Waals surface area contributed by atoms with Crippen LogP contribution in [0.5, 0.6) is 0 Å². The molecular formula is C21H27N9O2. The van der Waals surface area contributed by atoms with Crippen molar-refractivity contribution in [2.24, 2.45) is 0 Å². The molecule has 0 aliphatic carbocycles. The first kappa shape index (κ1) is 21.5. The number of rotatable bonds is 6. The fourth-order valence-corrected chi connectivity index (χ4v) is 3.74. The van der Waals surface area contributed by atoms with Gasteiger partial charge in [-0.3, -0.25) is 15.0 Å². The number of hydrogen-bond acceptors (Lipinski definition) is 7. The smallest absolute Gasteiger partial charge is 0.320 e. The quantitative estimate of drug-likeness (QED) is 0.528. The van der Waals surface area contributed by atoms with Gasteiger partial charge in [0.15, 0.2) is 11.6 Å². The molecule has 3 aromatic heterocycles. The predicted molar refractivity (Wildman–Crippen MR) is 121 cm³/mol. The Morgan fingerprint density at radius 3 is 2.72 bits per heavy atom. The zero-order valence-corrected chi connectivity index (χ0v) is 18.2. The lowest BCUT2D eigenvalue weighted by molar-refractivity contribution is 0.248. The van der Waals surface area contributed by atoms with Gasteiger partial charge >= 0.3 is 6.03 Å². The van der Waals surface area contributed by atoms with E-state index in [-0.39, 0.29) is 11.6 Å². The molecule has 0 spiro atoms. The van der Waals surface area contributed by atoms with Gasteiger partial charge in [-0.05, 0) is 38.1 Å². The maximum absolute atomic E-state index is 12.2. The van der Waals surface area contributed by atoms with E-state index in [0.717, 1.165) is 43.4 Å². The van der Waals surface area contributed by atoms with E-state index in [1.165, 1.54) is 0 Å². The molecule has 1 fully saturated rings. The molecule has 4 rings (SSSR count). The number of H-pyrrole nitrogens is 1. The van der Waals surface area contributed by atoms with Gasteiger partial charge in [-0.1, -0.05) is 0 Å². The maximum Gasteiger partial charge on any atom is 0.320 e. The van der Waals surface area contributed by atoms with Gasteiger partial charge in [0.05, 0.1) is 11.4 Å². The molecular weight excluding hydrogens is 410 g/mol. The summed E-state index contributed by atoms with van der Waals surface area (Å²) in [6.07, 6.45) is 3.61. The lowest BCUT2D eigenvalue weighted by Gasteiger charge is -2.36. The number of hydrogen-bond donors (Lipinski definition) is 3. The largest absolute Gasteiger partial charge is 0.368 e. The summed E-state index contributed by atoms with van der Waals surface area (Å²) in [6.45, 7) is 8.11. The van der Waals surface area contributed by atoms with E-state index in [0.29, 0.717) is 24.5 Å². The third-order valence-electron chi connectivity index (χ3n) is 5.35. The van der Waals surface area contributed by atoms with Crippen LogP contribution in [0.2, 0.25) is 0 Å². The highest BCUT2D eigenvalue weighted by Crippen LogP contribution is 2.22. The summed E-state index contributed by atoms with van der Waals surface area (Å²) in [6, 6.07) is 7.21. The summed E-state index contributed by atoms with van der Waals surface area (Å²) >= 11 is 0. The van der Waals surface area contributed by atoms with Crippen molar-refractivity contribution in [3.05, 3.63) is 58.3 Å². The van der Waals surface area contributed by atoms with Gasteiger partial charge in [0.2, 0.25) is 0 Å². The fourth-order valence-electron chi connectivity index (χ4n) is 3.74. The number of urea groups is 1. The normalized spacial score (nSPS) is 14.4. The van der Waals surface area contributed by atoms with Crippen molar-refractivity contribution in [2.45, 2.75) is 20.4 Å². The molecule has 168 valence electrons. The van der Waals surface area contributed by atoms with Crippen LogP contribution in [0.15, 0.2) is 41.5 Å². The molecule has 0 unspecified atom stereocenters. The van der Waals surface area contributed by atoms with Crippen molar-refractivity contribution in [3.63, 3.8) is 0 Å². The predicted octanol–water partition coefficient (Wildman–Crippen LogP) is 1.12. The first-order valence-electron chi connectivity index (χ1n) is 10.6. The minimum Gasteiger partial charge on any atom is -0.368 e. The number of aryl methyl sites for hydroxylation is 1. The number of aromatic nitrogens is 5. The second-order valence-corrected chi connectivity index (χ2v) is 7.58. The molecule has 1 saturated heterocycles. The van der Waals surface area contributed by atoms with Gasteiger partial charge in [0.25, 0.3) is 5.56 Å². The third-order valence-corrected chi connectivity index (χ3v) is 5.35. The minimum absolute atomic E-state index is 0.247. The van der Waals surface area contributed by atoms with Gasteiger partial charge in [-0.2, -0.15) is 10.2 Å². The Kier molecular flexibility index (Phi) is 6.45. The van der Waals surface area contributed by atoms with Crippen molar-refractivity contribution in [3.8, 4) is 5.82 Å². The van der Waals surface area contributed by atoms with Crippen molar-refractivity contribution >= 4 is 17.5 Å². The molecule has 1 aliphatic heterocycles. The second-order valence-electron chi connectivity index (χ2n) is 7.58. The third kappa shape index (κ3) is 4.94. The summed E-state index contributed by atoms with van der Waals surface area (Å²) in [4.78, 5) is 33.1. The van der Waals surface area contributed by atoms with Crippen molar-refractivity contribution in [1.29, 1.82) is 0 Å². The lowest BCUT2D eigenvalue weighted by Crippen LogP contribution is -2.46. The van der Waals surface area contributed by atoms with E-state index in [4.69, 9.17) is 0 Å². The van der Waals surface area contributed by atoms with Gasteiger partial charge in [-0.25, -0.2) is 19.6 Å². The molecule has 0 saturated carbocycles. The van der Waals surface area contributed by atoms with Crippen LogP contribution in [0.3, 0.4) is 0 Å². The Bertz CT molecular complexity index is 1120. The summed E-state index contributed by atoms with van der Waals surface area (Å²) < 4.78 is 1.75. The molecule has 0 radical (unpaired) electrons. The monoisotopic (exact) mass is 437 g/mol. The second kappa shape index (κ2) is 9.60. The molecule has 3 N–H and O–H groups in total. The first-order valence-corrected chi connectivity index (χ1v) is 10.6. The number of nitrogens with one attached hydrogen (secondary N) is 3. The van der Waals surface area contributed by atoms with E-state index >= 15 is 0 Å². The average molecular weight is 438 g/mol.